The summed E-state index contributed by atoms with van der Waals surface area (Å²) in [5, 5.41) is 11.1. The van der Waals surface area contributed by atoms with Crippen molar-refractivity contribution >= 4 is 11.4 Å². The van der Waals surface area contributed by atoms with Crippen LogP contribution in [0.3, 0.4) is 0 Å². The molecule has 0 heterocycles. The van der Waals surface area contributed by atoms with E-state index >= 15 is 0 Å². The minimum atomic E-state index is -0.669. The molecule has 0 atom stereocenters. The maximum absolute atomic E-state index is 11.1. The lowest BCUT2D eigenvalue weighted by atomic mass is 9.79. The Hall–Kier alpha value is -1.80. The standard InChI is InChI=1S/C19H23NO/c1-20(16-10-4-2-5-11-16)18-13-7-6-12-17(18)19(21)14-8-3-9-15-19/h2,4-7,10-13,21H,3,8-9,14-15H2,1H3. The van der Waals surface area contributed by atoms with E-state index in [1.165, 1.54) is 6.42 Å². The highest BCUT2D eigenvalue weighted by molar-refractivity contribution is 5.66. The number of hydrogen-bond donors (Lipinski definition) is 1. The van der Waals surface area contributed by atoms with E-state index in [-0.39, 0.29) is 0 Å². The molecule has 0 bridgehead atoms. The average Bonchev–Trinajstić information content (AvgIpc) is 2.56. The Bertz CT molecular complexity index is 588. The summed E-state index contributed by atoms with van der Waals surface area (Å²) in [4.78, 5) is 2.17. The first-order valence-corrected chi connectivity index (χ1v) is 7.81. The van der Waals surface area contributed by atoms with Crippen LogP contribution >= 0.6 is 0 Å². The highest BCUT2D eigenvalue weighted by Crippen LogP contribution is 2.42. The molecule has 1 aliphatic rings. The van der Waals surface area contributed by atoms with Gasteiger partial charge in [-0.05, 0) is 31.0 Å². The molecule has 2 nitrogen and oxygen atoms in total. The predicted molar refractivity (Wildman–Crippen MR) is 87.9 cm³/mol. The van der Waals surface area contributed by atoms with Crippen molar-refractivity contribution in [2.75, 3.05) is 11.9 Å². The number of hydrogen-bond acceptors (Lipinski definition) is 2. The first kappa shape index (κ1) is 14.2. The van der Waals surface area contributed by atoms with E-state index in [1.807, 2.05) is 30.3 Å². The Labute approximate surface area is 127 Å². The van der Waals surface area contributed by atoms with Gasteiger partial charge in [-0.3, -0.25) is 0 Å². The molecule has 2 heteroatoms. The van der Waals surface area contributed by atoms with E-state index in [4.69, 9.17) is 0 Å². The van der Waals surface area contributed by atoms with Crippen LogP contribution in [0.15, 0.2) is 54.6 Å². The van der Waals surface area contributed by atoms with E-state index in [9.17, 15) is 5.11 Å². The summed E-state index contributed by atoms with van der Waals surface area (Å²) in [6.45, 7) is 0. The molecular formula is C19H23NO. The second-order valence-electron chi connectivity index (χ2n) is 6.00. The zero-order chi connectivity index (χ0) is 14.7. The highest BCUT2D eigenvalue weighted by atomic mass is 16.3. The van der Waals surface area contributed by atoms with Crippen molar-refractivity contribution in [1.82, 2.24) is 0 Å². The SMILES string of the molecule is CN(c1ccccc1)c1ccccc1C1(O)CCCCC1. The number of para-hydroxylation sites is 2. The quantitative estimate of drug-likeness (QED) is 0.888. The molecule has 0 spiro atoms. The first-order valence-electron chi connectivity index (χ1n) is 7.81. The molecule has 0 amide bonds. The molecule has 2 aromatic rings. The second kappa shape index (κ2) is 5.90. The highest BCUT2D eigenvalue weighted by Gasteiger charge is 2.33. The molecule has 3 rings (SSSR count). The monoisotopic (exact) mass is 281 g/mol. The van der Waals surface area contributed by atoms with Crippen LogP contribution in [-0.2, 0) is 5.60 Å². The van der Waals surface area contributed by atoms with Crippen LogP contribution < -0.4 is 4.90 Å². The van der Waals surface area contributed by atoms with Crippen molar-refractivity contribution in [2.24, 2.45) is 0 Å². The smallest absolute Gasteiger partial charge is 0.0916 e. The number of nitrogens with zero attached hydrogens (tertiary/aromatic N) is 1. The third kappa shape index (κ3) is 2.81. The zero-order valence-corrected chi connectivity index (χ0v) is 12.6. The molecule has 0 unspecified atom stereocenters. The van der Waals surface area contributed by atoms with Gasteiger partial charge in [-0.1, -0.05) is 55.7 Å². The molecule has 1 fully saturated rings. The number of aliphatic hydroxyl groups is 1. The van der Waals surface area contributed by atoms with Crippen LogP contribution in [0.1, 0.15) is 37.7 Å². The van der Waals surface area contributed by atoms with Crippen molar-refractivity contribution in [1.29, 1.82) is 0 Å². The largest absolute Gasteiger partial charge is 0.385 e. The Morgan fingerprint density at radius 1 is 0.857 bits per heavy atom. The molecule has 0 radical (unpaired) electrons. The summed E-state index contributed by atoms with van der Waals surface area (Å²) in [7, 11) is 2.07. The zero-order valence-electron chi connectivity index (χ0n) is 12.6. The second-order valence-corrected chi connectivity index (χ2v) is 6.00. The summed E-state index contributed by atoms with van der Waals surface area (Å²) >= 11 is 0. The van der Waals surface area contributed by atoms with Gasteiger partial charge < -0.3 is 10.0 Å². The fourth-order valence-corrected chi connectivity index (χ4v) is 3.36. The molecule has 0 saturated heterocycles. The Morgan fingerprint density at radius 3 is 2.19 bits per heavy atom. The van der Waals surface area contributed by atoms with E-state index in [0.717, 1.165) is 42.6 Å². The van der Waals surface area contributed by atoms with Crippen molar-refractivity contribution in [3.8, 4) is 0 Å². The van der Waals surface area contributed by atoms with Gasteiger partial charge in [0, 0.05) is 24.0 Å². The molecule has 0 aliphatic heterocycles. The maximum atomic E-state index is 11.1. The summed E-state index contributed by atoms with van der Waals surface area (Å²) in [6.07, 6.45) is 5.19. The summed E-state index contributed by atoms with van der Waals surface area (Å²) < 4.78 is 0. The third-order valence-corrected chi connectivity index (χ3v) is 4.59. The van der Waals surface area contributed by atoms with Crippen LogP contribution in [-0.4, -0.2) is 12.2 Å². The fraction of sp³-hybridized carbons (Fsp3) is 0.368. The van der Waals surface area contributed by atoms with E-state index in [1.54, 1.807) is 0 Å². The van der Waals surface area contributed by atoms with Gasteiger partial charge in [-0.25, -0.2) is 0 Å². The van der Waals surface area contributed by atoms with Gasteiger partial charge >= 0.3 is 0 Å². The molecule has 1 saturated carbocycles. The van der Waals surface area contributed by atoms with Crippen molar-refractivity contribution < 1.29 is 5.11 Å². The minimum absolute atomic E-state index is 0.669. The van der Waals surface area contributed by atoms with Gasteiger partial charge in [0.1, 0.15) is 0 Å². The summed E-state index contributed by atoms with van der Waals surface area (Å²) in [5.74, 6) is 0. The lowest BCUT2D eigenvalue weighted by molar-refractivity contribution is -0.000104. The molecular weight excluding hydrogens is 258 g/mol. The third-order valence-electron chi connectivity index (χ3n) is 4.59. The topological polar surface area (TPSA) is 23.5 Å². The molecule has 21 heavy (non-hydrogen) atoms. The van der Waals surface area contributed by atoms with Crippen molar-refractivity contribution in [3.63, 3.8) is 0 Å². The lowest BCUT2D eigenvalue weighted by Gasteiger charge is -2.36. The van der Waals surface area contributed by atoms with Crippen molar-refractivity contribution in [3.05, 3.63) is 60.2 Å². The van der Waals surface area contributed by atoms with Crippen LogP contribution in [0.4, 0.5) is 11.4 Å². The molecule has 1 aliphatic carbocycles. The number of benzene rings is 2. The van der Waals surface area contributed by atoms with Crippen LogP contribution in [0.5, 0.6) is 0 Å². The van der Waals surface area contributed by atoms with Crippen LogP contribution in [0, 0.1) is 0 Å². The molecule has 1 N–H and O–H groups in total. The number of rotatable bonds is 3. The van der Waals surface area contributed by atoms with Gasteiger partial charge in [0.05, 0.1) is 5.60 Å². The Kier molecular flexibility index (Phi) is 3.98. The Morgan fingerprint density at radius 2 is 1.48 bits per heavy atom. The predicted octanol–water partition coefficient (Wildman–Crippen LogP) is 4.61. The summed E-state index contributed by atoms with van der Waals surface area (Å²) in [5.41, 5.74) is 2.64. The molecule has 0 aromatic heterocycles. The van der Waals surface area contributed by atoms with Crippen LogP contribution in [0.25, 0.3) is 0 Å². The normalized spacial score (nSPS) is 17.4. The molecule has 110 valence electrons. The van der Waals surface area contributed by atoms with Crippen LogP contribution in [0.2, 0.25) is 0 Å². The minimum Gasteiger partial charge on any atom is -0.385 e. The van der Waals surface area contributed by atoms with Crippen molar-refractivity contribution in [2.45, 2.75) is 37.7 Å². The summed E-state index contributed by atoms with van der Waals surface area (Å²) in [6, 6.07) is 18.6. The Balaban J connectivity index is 2.00. The van der Waals surface area contributed by atoms with Gasteiger partial charge in [-0.15, -0.1) is 0 Å². The van der Waals surface area contributed by atoms with Gasteiger partial charge in [0.2, 0.25) is 0 Å². The average molecular weight is 281 g/mol. The lowest BCUT2D eigenvalue weighted by Crippen LogP contribution is -2.30. The van der Waals surface area contributed by atoms with E-state index in [2.05, 4.69) is 36.2 Å². The van der Waals surface area contributed by atoms with E-state index < -0.39 is 5.60 Å². The van der Waals surface area contributed by atoms with Gasteiger partial charge in [0.25, 0.3) is 0 Å². The first-order chi connectivity index (χ1) is 10.2. The fourth-order valence-electron chi connectivity index (χ4n) is 3.36. The van der Waals surface area contributed by atoms with Gasteiger partial charge in [0.15, 0.2) is 0 Å². The maximum Gasteiger partial charge on any atom is 0.0916 e. The molecule has 2 aromatic carbocycles. The number of anilines is 2. The van der Waals surface area contributed by atoms with E-state index in [0.29, 0.717) is 0 Å². The van der Waals surface area contributed by atoms with Gasteiger partial charge in [-0.2, -0.15) is 0 Å².